The zero-order valence-electron chi connectivity index (χ0n) is 21.3. The van der Waals surface area contributed by atoms with E-state index in [2.05, 4.69) is 15.3 Å². The largest absolute Gasteiger partial charge is 0.436 e. The van der Waals surface area contributed by atoms with Crippen LogP contribution in [0.25, 0.3) is 11.0 Å². The summed E-state index contributed by atoms with van der Waals surface area (Å²) in [6, 6.07) is 4.84. The number of aromatic amines is 1. The minimum Gasteiger partial charge on any atom is -0.436 e. The van der Waals surface area contributed by atoms with Crippen LogP contribution in [0.5, 0.6) is 0 Å². The maximum atomic E-state index is 13.5. The molecule has 0 radical (unpaired) electrons. The van der Waals surface area contributed by atoms with Crippen LogP contribution in [0.15, 0.2) is 47.4 Å². The average Bonchev–Trinajstić information content (AvgIpc) is 3.23. The number of amides is 3. The van der Waals surface area contributed by atoms with Crippen LogP contribution < -0.4 is 10.9 Å². The Morgan fingerprint density at radius 3 is 2.55 bits per heavy atom. The Labute approximate surface area is 216 Å². The van der Waals surface area contributed by atoms with Gasteiger partial charge in [0, 0.05) is 46.5 Å². The molecule has 3 amide bonds. The minimum atomic E-state index is -1.24. The molecule has 3 aromatic rings. The first kappa shape index (κ1) is 28.0. The quantitative estimate of drug-likeness (QED) is 0.409. The molecule has 0 aliphatic heterocycles. The van der Waals surface area contributed by atoms with E-state index in [-0.39, 0.29) is 47.8 Å². The van der Waals surface area contributed by atoms with Gasteiger partial charge in [0.1, 0.15) is 11.5 Å². The van der Waals surface area contributed by atoms with Crippen LogP contribution in [0, 0.1) is 11.6 Å². The molecular formula is C25H28F2N6O5. The summed E-state index contributed by atoms with van der Waals surface area (Å²) in [6.07, 6.45) is 2.70. The lowest BCUT2D eigenvalue weighted by molar-refractivity contribution is -0.125. The van der Waals surface area contributed by atoms with Crippen molar-refractivity contribution in [3.63, 3.8) is 0 Å². The van der Waals surface area contributed by atoms with Gasteiger partial charge in [0.05, 0.1) is 17.6 Å². The fraction of sp³-hybridized carbons (Fsp3) is 0.320. The van der Waals surface area contributed by atoms with Crippen molar-refractivity contribution < 1.29 is 27.9 Å². The highest BCUT2D eigenvalue weighted by atomic mass is 19.2. The van der Waals surface area contributed by atoms with Crippen molar-refractivity contribution in [2.45, 2.75) is 25.5 Å². The molecule has 1 aromatic carbocycles. The highest BCUT2D eigenvalue weighted by molar-refractivity contribution is 5.95. The van der Waals surface area contributed by atoms with E-state index in [1.807, 2.05) is 0 Å². The van der Waals surface area contributed by atoms with Crippen molar-refractivity contribution in [2.75, 3.05) is 33.5 Å². The number of hydrogen-bond acceptors (Lipinski definition) is 6. The van der Waals surface area contributed by atoms with Crippen molar-refractivity contribution >= 4 is 34.6 Å². The summed E-state index contributed by atoms with van der Waals surface area (Å²) in [4.78, 5) is 59.3. The van der Waals surface area contributed by atoms with E-state index in [1.54, 1.807) is 20.2 Å². The zero-order valence-corrected chi connectivity index (χ0v) is 21.3. The lowest BCUT2D eigenvalue weighted by Gasteiger charge is -2.19. The summed E-state index contributed by atoms with van der Waals surface area (Å²) >= 11 is 0. The highest BCUT2D eigenvalue weighted by Gasteiger charge is 2.24. The Balaban J connectivity index is 1.76. The van der Waals surface area contributed by atoms with Gasteiger partial charge in [-0.2, -0.15) is 0 Å². The van der Waals surface area contributed by atoms with Crippen LogP contribution in [0.2, 0.25) is 0 Å². The number of fused-ring (bicyclic) bond motifs is 1. The molecule has 0 bridgehead atoms. The van der Waals surface area contributed by atoms with Crippen LogP contribution >= 0.6 is 0 Å². The second-order valence-electron chi connectivity index (χ2n) is 8.79. The number of halogens is 2. The predicted octanol–water partition coefficient (Wildman–Crippen LogP) is 2.48. The van der Waals surface area contributed by atoms with Gasteiger partial charge in [-0.3, -0.25) is 14.4 Å². The molecule has 0 fully saturated rings. The van der Waals surface area contributed by atoms with E-state index in [0.717, 1.165) is 17.0 Å². The number of allylic oxidation sites excluding steroid dienone is 1. The molecule has 13 heteroatoms. The first-order chi connectivity index (χ1) is 18.0. The zero-order chi connectivity index (χ0) is 28.0. The van der Waals surface area contributed by atoms with Crippen molar-refractivity contribution in [1.29, 1.82) is 0 Å². The molecule has 1 atom stereocenters. The fourth-order valence-electron chi connectivity index (χ4n) is 3.32. The van der Waals surface area contributed by atoms with Crippen molar-refractivity contribution in [3.05, 3.63) is 70.4 Å². The molecule has 1 unspecified atom stereocenters. The van der Waals surface area contributed by atoms with E-state index in [4.69, 9.17) is 4.74 Å². The van der Waals surface area contributed by atoms with Gasteiger partial charge in [-0.15, -0.1) is 0 Å². The number of rotatable bonds is 9. The maximum Gasteiger partial charge on any atom is 0.410 e. The highest BCUT2D eigenvalue weighted by Crippen LogP contribution is 2.17. The van der Waals surface area contributed by atoms with Crippen LogP contribution in [-0.4, -0.2) is 76.5 Å². The van der Waals surface area contributed by atoms with E-state index in [9.17, 15) is 28.0 Å². The molecule has 0 spiro atoms. The molecule has 2 heterocycles. The van der Waals surface area contributed by atoms with E-state index in [1.165, 1.54) is 48.0 Å². The first-order valence-electron chi connectivity index (χ1n) is 11.6. The summed E-state index contributed by atoms with van der Waals surface area (Å²) < 4.78 is 33.5. The van der Waals surface area contributed by atoms with Crippen molar-refractivity contribution in [2.24, 2.45) is 0 Å². The molecule has 202 valence electrons. The van der Waals surface area contributed by atoms with Crippen LogP contribution in [0.3, 0.4) is 0 Å². The maximum absolute atomic E-state index is 13.5. The molecule has 0 aliphatic carbocycles. The van der Waals surface area contributed by atoms with Crippen LogP contribution in [0.1, 0.15) is 18.7 Å². The third-order valence-corrected chi connectivity index (χ3v) is 5.37. The Hall–Kier alpha value is -4.55. The number of imidazole rings is 1. The molecule has 0 saturated carbocycles. The smallest absolute Gasteiger partial charge is 0.410 e. The summed E-state index contributed by atoms with van der Waals surface area (Å²) in [5.41, 5.74) is -0.186. The van der Waals surface area contributed by atoms with Gasteiger partial charge in [-0.25, -0.2) is 18.6 Å². The first-order valence-corrected chi connectivity index (χ1v) is 11.6. The fourth-order valence-corrected chi connectivity index (χ4v) is 3.32. The summed E-state index contributed by atoms with van der Waals surface area (Å²) in [7, 11) is 6.12. The number of hydrogen-bond donors (Lipinski definition) is 2. The normalized spacial score (nSPS) is 11.9. The molecule has 0 aliphatic rings. The van der Waals surface area contributed by atoms with Crippen molar-refractivity contribution in [1.82, 2.24) is 24.3 Å². The third-order valence-electron chi connectivity index (χ3n) is 5.37. The number of benzene rings is 1. The van der Waals surface area contributed by atoms with Gasteiger partial charge in [0.15, 0.2) is 17.7 Å². The van der Waals surface area contributed by atoms with Gasteiger partial charge < -0.3 is 29.4 Å². The summed E-state index contributed by atoms with van der Waals surface area (Å²) in [6.45, 7) is -0.0653. The SMILES string of the molecule is CN(C)C(=O)C=CCCC(OC(=O)N(C)C)C(=O)Nc1cccn(Cc2nc3cc(F)c(F)cc3[nH]2)c1=O. The number of nitrogens with one attached hydrogen (secondary N) is 2. The Kier molecular flexibility index (Phi) is 8.94. The Morgan fingerprint density at radius 2 is 1.87 bits per heavy atom. The van der Waals surface area contributed by atoms with E-state index < -0.39 is 35.3 Å². The van der Waals surface area contributed by atoms with Crippen LogP contribution in [0.4, 0.5) is 19.3 Å². The number of anilines is 1. The molecule has 11 nitrogen and oxygen atoms in total. The number of pyridine rings is 1. The van der Waals surface area contributed by atoms with Gasteiger partial charge in [0.25, 0.3) is 11.5 Å². The number of ether oxygens (including phenoxy) is 1. The standard InChI is InChI=1S/C25H28F2N6O5/c1-31(2)22(34)10-6-5-9-20(38-25(37)32(3)4)23(35)30-17-8-7-11-33(24(17)36)14-21-28-18-12-15(26)16(27)13-19(18)29-21/h6-8,10-13,20H,5,9,14H2,1-4H3,(H,28,29)(H,30,35). The molecule has 2 aromatic heterocycles. The monoisotopic (exact) mass is 530 g/mol. The number of carbonyl (C=O) groups is 3. The lowest BCUT2D eigenvalue weighted by Crippen LogP contribution is -2.37. The van der Waals surface area contributed by atoms with Gasteiger partial charge in [-0.05, 0) is 31.1 Å². The van der Waals surface area contributed by atoms with E-state index >= 15 is 0 Å². The number of nitrogens with zero attached hydrogens (tertiary/aromatic N) is 4. The topological polar surface area (TPSA) is 130 Å². The molecule has 3 rings (SSSR count). The summed E-state index contributed by atoms with van der Waals surface area (Å²) in [5, 5.41) is 2.49. The average molecular weight is 531 g/mol. The second kappa shape index (κ2) is 12.1. The van der Waals surface area contributed by atoms with Gasteiger partial charge >= 0.3 is 6.09 Å². The third kappa shape index (κ3) is 7.02. The Bertz CT molecular complexity index is 1390. The molecule has 0 saturated heterocycles. The number of likely N-dealkylation sites (N-methyl/N-ethyl adjacent to an activating group) is 1. The predicted molar refractivity (Wildman–Crippen MR) is 135 cm³/mol. The van der Waals surface area contributed by atoms with E-state index in [0.29, 0.717) is 0 Å². The number of aromatic nitrogens is 3. The van der Waals surface area contributed by atoms with Crippen LogP contribution in [-0.2, 0) is 20.9 Å². The minimum absolute atomic E-state index is 0.0652. The molecule has 38 heavy (non-hydrogen) atoms. The van der Waals surface area contributed by atoms with Gasteiger partial charge in [0.2, 0.25) is 5.91 Å². The number of H-pyrrole nitrogens is 1. The molecular weight excluding hydrogens is 502 g/mol. The Morgan fingerprint density at radius 1 is 1.16 bits per heavy atom. The van der Waals surface area contributed by atoms with Crippen molar-refractivity contribution in [3.8, 4) is 0 Å². The summed E-state index contributed by atoms with van der Waals surface area (Å²) in [5.74, 6) is -2.76. The lowest BCUT2D eigenvalue weighted by atomic mass is 10.1. The number of carbonyl (C=O) groups excluding carboxylic acids is 3. The molecule has 2 N–H and O–H groups in total. The second-order valence-corrected chi connectivity index (χ2v) is 8.79. The van der Waals surface area contributed by atoms with Gasteiger partial charge in [-0.1, -0.05) is 6.08 Å².